The van der Waals surface area contributed by atoms with Gasteiger partial charge in [-0.1, -0.05) is 103 Å². The van der Waals surface area contributed by atoms with E-state index in [4.69, 9.17) is 15.2 Å². The molecule has 53 heavy (non-hydrogen) atoms. The molecule has 0 aliphatic carbocycles. The van der Waals surface area contributed by atoms with Gasteiger partial charge in [-0.3, -0.25) is 9.59 Å². The Balaban J connectivity index is 1.02. The third kappa shape index (κ3) is 11.0. The molecule has 0 unspecified atom stereocenters. The quantitative estimate of drug-likeness (QED) is 0.0346. The van der Waals surface area contributed by atoms with Crippen molar-refractivity contribution in [2.45, 2.75) is 75.3 Å². The first-order valence-electron chi connectivity index (χ1n) is 17.9. The van der Waals surface area contributed by atoms with Gasteiger partial charge in [0, 0.05) is 49.5 Å². The van der Waals surface area contributed by atoms with Crippen LogP contribution in [0.5, 0.6) is 0 Å². The number of ether oxygens (including phenoxy) is 2. The molecule has 1 aliphatic rings. The average Bonchev–Trinajstić information content (AvgIpc) is 3.20. The summed E-state index contributed by atoms with van der Waals surface area (Å²) in [5, 5.41) is 16.1. The van der Waals surface area contributed by atoms with Gasteiger partial charge in [0.25, 0.3) is 0 Å². The first kappa shape index (κ1) is 37.7. The summed E-state index contributed by atoms with van der Waals surface area (Å²) in [6, 6.07) is 33.1. The number of para-hydroxylation sites is 2. The highest BCUT2D eigenvalue weighted by atomic mass is 32.2. The van der Waals surface area contributed by atoms with E-state index in [2.05, 4.69) is 38.8 Å². The van der Waals surface area contributed by atoms with Crippen LogP contribution in [0.4, 0.5) is 11.4 Å². The molecule has 10 nitrogen and oxygen atoms in total. The molecule has 1 saturated heterocycles. The maximum absolute atomic E-state index is 12.7. The highest BCUT2D eigenvalue weighted by Crippen LogP contribution is 2.40. The standard InChI is InChI=1S/C42H45N5O5S/c43-36-11-6-7-12-37(36)47-40(50)14-3-1-2-13-39(49)46-26-33-9-4-5-10-35(33)30-19-21-32(22-20-30)41-51-34(28-53-42-44-23-8-24-45-42)25-38(52-41)31-17-15-29(27-48)16-18-31/h4-12,15-24,34,38,41,48H,1-3,13-14,25-28,43H2,(H,46,49)(H,47,50)/t34-,38+,41+/m1/s1. The highest BCUT2D eigenvalue weighted by molar-refractivity contribution is 7.99. The number of nitrogen functional groups attached to an aromatic ring is 1. The molecule has 274 valence electrons. The lowest BCUT2D eigenvalue weighted by molar-refractivity contribution is -0.245. The Morgan fingerprint density at radius 3 is 2.25 bits per heavy atom. The fraction of sp³-hybridized carbons (Fsp3) is 0.286. The van der Waals surface area contributed by atoms with Crippen LogP contribution in [-0.4, -0.2) is 38.7 Å². The van der Waals surface area contributed by atoms with Gasteiger partial charge in [0.05, 0.1) is 30.2 Å². The molecule has 1 aliphatic heterocycles. The van der Waals surface area contributed by atoms with Crippen molar-refractivity contribution in [3.05, 3.63) is 138 Å². The van der Waals surface area contributed by atoms with Crippen LogP contribution in [0.2, 0.25) is 0 Å². The average molecular weight is 732 g/mol. The van der Waals surface area contributed by atoms with E-state index in [0.29, 0.717) is 60.9 Å². The molecular formula is C42H45N5O5S. The van der Waals surface area contributed by atoms with Gasteiger partial charge in [0.1, 0.15) is 0 Å². The zero-order valence-electron chi connectivity index (χ0n) is 29.5. The van der Waals surface area contributed by atoms with Gasteiger partial charge in [-0.15, -0.1) is 0 Å². The molecule has 0 spiro atoms. The second kappa shape index (κ2) is 19.1. The van der Waals surface area contributed by atoms with Crippen molar-refractivity contribution >= 4 is 35.0 Å². The summed E-state index contributed by atoms with van der Waals surface area (Å²) in [5.41, 5.74) is 12.9. The first-order valence-corrected chi connectivity index (χ1v) is 18.9. The van der Waals surface area contributed by atoms with E-state index in [1.165, 1.54) is 0 Å². The van der Waals surface area contributed by atoms with Crippen LogP contribution in [0.1, 0.15) is 73.2 Å². The van der Waals surface area contributed by atoms with Crippen molar-refractivity contribution in [3.63, 3.8) is 0 Å². The predicted molar refractivity (Wildman–Crippen MR) is 207 cm³/mol. The van der Waals surface area contributed by atoms with Gasteiger partial charge in [0.15, 0.2) is 11.4 Å². The zero-order valence-corrected chi connectivity index (χ0v) is 30.3. The molecule has 0 saturated carbocycles. The number of aliphatic hydroxyl groups excluding tert-OH is 1. The molecule has 5 N–H and O–H groups in total. The Hall–Kier alpha value is -5.07. The third-order valence-corrected chi connectivity index (χ3v) is 10.1. The highest BCUT2D eigenvalue weighted by Gasteiger charge is 2.32. The van der Waals surface area contributed by atoms with Crippen molar-refractivity contribution in [1.29, 1.82) is 0 Å². The van der Waals surface area contributed by atoms with Crippen molar-refractivity contribution in [2.75, 3.05) is 16.8 Å². The lowest BCUT2D eigenvalue weighted by Crippen LogP contribution is -2.31. The normalized spacial score (nSPS) is 16.9. The summed E-state index contributed by atoms with van der Waals surface area (Å²) >= 11 is 1.56. The maximum atomic E-state index is 12.7. The Morgan fingerprint density at radius 1 is 0.792 bits per heavy atom. The number of hydrogen-bond donors (Lipinski definition) is 4. The number of hydrogen-bond acceptors (Lipinski definition) is 9. The van der Waals surface area contributed by atoms with Crippen LogP contribution in [0.3, 0.4) is 0 Å². The van der Waals surface area contributed by atoms with E-state index in [0.717, 1.165) is 39.8 Å². The minimum atomic E-state index is -0.575. The number of nitrogens with two attached hydrogens (primary N) is 1. The summed E-state index contributed by atoms with van der Waals surface area (Å²) < 4.78 is 13.0. The van der Waals surface area contributed by atoms with E-state index < -0.39 is 6.29 Å². The molecule has 2 heterocycles. The number of carbonyl (C=O) groups is 2. The number of carbonyl (C=O) groups excluding carboxylic acids is 2. The molecule has 2 amide bonds. The molecule has 0 bridgehead atoms. The van der Waals surface area contributed by atoms with Gasteiger partial charge in [-0.05, 0) is 58.9 Å². The molecule has 11 heteroatoms. The van der Waals surface area contributed by atoms with Gasteiger partial charge in [-0.2, -0.15) is 0 Å². The summed E-state index contributed by atoms with van der Waals surface area (Å²) in [4.78, 5) is 33.7. The van der Waals surface area contributed by atoms with Crippen LogP contribution in [0.15, 0.2) is 121 Å². The van der Waals surface area contributed by atoms with Gasteiger partial charge in [-0.25, -0.2) is 9.97 Å². The smallest absolute Gasteiger partial charge is 0.224 e. The molecule has 0 radical (unpaired) electrons. The van der Waals surface area contributed by atoms with E-state index in [9.17, 15) is 14.7 Å². The topological polar surface area (TPSA) is 149 Å². The van der Waals surface area contributed by atoms with Crippen LogP contribution in [-0.2, 0) is 32.2 Å². The lowest BCUT2D eigenvalue weighted by atomic mass is 9.97. The second-order valence-electron chi connectivity index (χ2n) is 12.9. The zero-order chi connectivity index (χ0) is 36.8. The minimum Gasteiger partial charge on any atom is -0.397 e. The Morgan fingerprint density at radius 2 is 1.49 bits per heavy atom. The third-order valence-electron chi connectivity index (χ3n) is 9.09. The number of unbranched alkanes of at least 4 members (excludes halogenated alkanes) is 2. The molecule has 1 fully saturated rings. The van der Waals surface area contributed by atoms with E-state index in [-0.39, 0.29) is 30.6 Å². The molecule has 5 aromatic rings. The number of anilines is 2. The fourth-order valence-corrected chi connectivity index (χ4v) is 7.00. The lowest BCUT2D eigenvalue weighted by Gasteiger charge is -2.36. The summed E-state index contributed by atoms with van der Waals surface area (Å²) in [6.45, 7) is 0.402. The number of rotatable bonds is 16. The van der Waals surface area contributed by atoms with E-state index in [1.807, 2.05) is 66.7 Å². The molecule has 6 rings (SSSR count). The second-order valence-corrected chi connectivity index (χ2v) is 13.9. The summed E-state index contributed by atoms with van der Waals surface area (Å²) in [6.07, 6.45) is 6.24. The number of aromatic nitrogens is 2. The van der Waals surface area contributed by atoms with Crippen molar-refractivity contribution in [2.24, 2.45) is 0 Å². The molecular weight excluding hydrogens is 687 g/mol. The van der Waals surface area contributed by atoms with Crippen LogP contribution >= 0.6 is 11.8 Å². The van der Waals surface area contributed by atoms with Crippen molar-refractivity contribution in [3.8, 4) is 11.1 Å². The SMILES string of the molecule is Nc1ccccc1NC(=O)CCCCCC(=O)NCc1ccccc1-c1ccc([C@H]2O[C@@H](CSc3ncccn3)C[C@@H](c3ccc(CO)cc3)O2)cc1. The molecule has 4 aromatic carbocycles. The van der Waals surface area contributed by atoms with Crippen LogP contribution in [0.25, 0.3) is 11.1 Å². The van der Waals surface area contributed by atoms with Crippen molar-refractivity contribution < 1.29 is 24.2 Å². The van der Waals surface area contributed by atoms with E-state index >= 15 is 0 Å². The number of thioether (sulfide) groups is 1. The fourth-order valence-electron chi connectivity index (χ4n) is 6.18. The number of nitrogens with one attached hydrogen (secondary N) is 2. The number of amides is 2. The summed E-state index contributed by atoms with van der Waals surface area (Å²) in [5.74, 6) is 0.576. The Kier molecular flexibility index (Phi) is 13.6. The van der Waals surface area contributed by atoms with Crippen LogP contribution in [0, 0.1) is 0 Å². The van der Waals surface area contributed by atoms with Gasteiger partial charge >= 0.3 is 0 Å². The first-order chi connectivity index (χ1) is 25.9. The predicted octanol–water partition coefficient (Wildman–Crippen LogP) is 7.76. The van der Waals surface area contributed by atoms with E-state index in [1.54, 1.807) is 42.4 Å². The van der Waals surface area contributed by atoms with Gasteiger partial charge in [0.2, 0.25) is 11.8 Å². The van der Waals surface area contributed by atoms with Crippen molar-refractivity contribution in [1.82, 2.24) is 15.3 Å². The van der Waals surface area contributed by atoms with Crippen LogP contribution < -0.4 is 16.4 Å². The number of aliphatic hydroxyl groups is 1. The Labute approximate surface area is 314 Å². The number of benzene rings is 4. The molecule has 3 atom stereocenters. The molecule has 1 aromatic heterocycles. The van der Waals surface area contributed by atoms with Gasteiger partial charge < -0.3 is 30.9 Å². The summed E-state index contributed by atoms with van der Waals surface area (Å²) in [7, 11) is 0. The number of nitrogens with zero attached hydrogens (tertiary/aromatic N) is 2. The maximum Gasteiger partial charge on any atom is 0.224 e. The minimum absolute atomic E-state index is 0.00864. The Bertz CT molecular complexity index is 1930. The monoisotopic (exact) mass is 731 g/mol. The largest absolute Gasteiger partial charge is 0.397 e.